The lowest BCUT2D eigenvalue weighted by molar-refractivity contribution is -0.117. The second-order valence-corrected chi connectivity index (χ2v) is 5.84. The molecule has 0 aromatic heterocycles. The molecule has 1 atom stereocenters. The van der Waals surface area contributed by atoms with Gasteiger partial charge in [0.05, 0.1) is 5.69 Å². The maximum Gasteiger partial charge on any atom is 0.387 e. The van der Waals surface area contributed by atoms with Gasteiger partial charge < -0.3 is 15.4 Å². The predicted molar refractivity (Wildman–Crippen MR) is 88.3 cm³/mol. The van der Waals surface area contributed by atoms with E-state index in [2.05, 4.69) is 15.4 Å². The van der Waals surface area contributed by atoms with Crippen molar-refractivity contribution in [1.82, 2.24) is 5.32 Å². The van der Waals surface area contributed by atoms with Gasteiger partial charge in [0.25, 0.3) is 0 Å². The van der Waals surface area contributed by atoms with Gasteiger partial charge in [-0.25, -0.2) is 4.39 Å². The maximum atomic E-state index is 13.1. The van der Waals surface area contributed by atoms with Crippen LogP contribution in [0.25, 0.3) is 0 Å². The lowest BCUT2D eigenvalue weighted by Crippen LogP contribution is -2.32. The lowest BCUT2D eigenvalue weighted by Gasteiger charge is -2.28. The number of anilines is 1. The molecule has 0 aliphatic carbocycles. The fraction of sp³-hybridized carbons (Fsp3) is 0.562. The van der Waals surface area contributed by atoms with Crippen LogP contribution in [0.5, 0.6) is 5.75 Å². The molecule has 0 saturated carbocycles. The molecule has 136 valence electrons. The van der Waals surface area contributed by atoms with Crippen LogP contribution < -0.4 is 15.4 Å². The first-order valence-corrected chi connectivity index (χ1v) is 7.70. The number of piperidine rings is 1. The van der Waals surface area contributed by atoms with Crippen molar-refractivity contribution in [3.05, 3.63) is 24.0 Å². The number of carbonyl (C=O) groups excluding carboxylic acids is 1. The SMILES string of the molecule is CC(CC(=O)Nc1ccc(F)cc1OC(F)F)C1CCNCC1.Cl. The molecule has 4 nitrogen and oxygen atoms in total. The summed E-state index contributed by atoms with van der Waals surface area (Å²) in [6.07, 6.45) is 2.33. The summed E-state index contributed by atoms with van der Waals surface area (Å²) in [5, 5.41) is 5.80. The van der Waals surface area contributed by atoms with E-state index in [0.717, 1.165) is 38.1 Å². The van der Waals surface area contributed by atoms with Crippen LogP contribution in [0, 0.1) is 17.7 Å². The van der Waals surface area contributed by atoms with Crippen LogP contribution in [-0.4, -0.2) is 25.6 Å². The van der Waals surface area contributed by atoms with Crippen LogP contribution in [0.1, 0.15) is 26.2 Å². The van der Waals surface area contributed by atoms with Gasteiger partial charge >= 0.3 is 6.61 Å². The first kappa shape index (κ1) is 20.6. The second-order valence-electron chi connectivity index (χ2n) is 5.84. The van der Waals surface area contributed by atoms with Crippen LogP contribution in [0.15, 0.2) is 18.2 Å². The van der Waals surface area contributed by atoms with Crippen LogP contribution in [0.3, 0.4) is 0 Å². The quantitative estimate of drug-likeness (QED) is 0.804. The molecule has 24 heavy (non-hydrogen) atoms. The average Bonchev–Trinajstić information content (AvgIpc) is 2.50. The van der Waals surface area contributed by atoms with Crippen molar-refractivity contribution in [3.63, 3.8) is 0 Å². The maximum absolute atomic E-state index is 13.1. The van der Waals surface area contributed by atoms with Crippen LogP contribution in [0.2, 0.25) is 0 Å². The summed E-state index contributed by atoms with van der Waals surface area (Å²) < 4.78 is 42.1. The van der Waals surface area contributed by atoms with Crippen molar-refractivity contribution in [2.45, 2.75) is 32.8 Å². The van der Waals surface area contributed by atoms with E-state index in [0.29, 0.717) is 5.92 Å². The molecule has 0 bridgehead atoms. The molecule has 1 saturated heterocycles. The van der Waals surface area contributed by atoms with Crippen molar-refractivity contribution in [1.29, 1.82) is 0 Å². The smallest absolute Gasteiger partial charge is 0.387 e. The van der Waals surface area contributed by atoms with E-state index in [1.165, 1.54) is 6.07 Å². The third-order valence-corrected chi connectivity index (χ3v) is 4.13. The Kier molecular flexibility index (Phi) is 8.35. The standard InChI is InChI=1S/C16H21F3N2O2.ClH/c1-10(11-4-6-20-7-5-11)8-15(22)21-13-3-2-12(17)9-14(13)23-16(18)19;/h2-3,9-11,16,20H,4-8H2,1H3,(H,21,22);1H. The van der Waals surface area contributed by atoms with Crippen LogP contribution in [0.4, 0.5) is 18.9 Å². The number of nitrogens with one attached hydrogen (secondary N) is 2. The van der Waals surface area contributed by atoms with Gasteiger partial charge in [0, 0.05) is 12.5 Å². The molecule has 1 aromatic carbocycles. The van der Waals surface area contributed by atoms with Gasteiger partial charge in [-0.3, -0.25) is 4.79 Å². The number of carbonyl (C=O) groups is 1. The van der Waals surface area contributed by atoms with Crippen LogP contribution >= 0.6 is 12.4 Å². The molecule has 1 amide bonds. The van der Waals surface area contributed by atoms with Crippen molar-refractivity contribution in [2.24, 2.45) is 11.8 Å². The summed E-state index contributed by atoms with van der Waals surface area (Å²) in [5.74, 6) is -0.713. The fourth-order valence-corrected chi connectivity index (χ4v) is 2.87. The van der Waals surface area contributed by atoms with E-state index in [9.17, 15) is 18.0 Å². The first-order valence-electron chi connectivity index (χ1n) is 7.70. The van der Waals surface area contributed by atoms with Crippen molar-refractivity contribution < 1.29 is 22.7 Å². The third-order valence-electron chi connectivity index (χ3n) is 4.13. The highest BCUT2D eigenvalue weighted by atomic mass is 35.5. The summed E-state index contributed by atoms with van der Waals surface area (Å²) >= 11 is 0. The second kappa shape index (κ2) is 9.74. The van der Waals surface area contributed by atoms with Gasteiger partial charge in [-0.1, -0.05) is 6.92 Å². The van der Waals surface area contributed by atoms with Crippen molar-refractivity contribution >= 4 is 24.0 Å². The molecule has 8 heteroatoms. The molecule has 0 spiro atoms. The number of amides is 1. The number of rotatable bonds is 6. The van der Waals surface area contributed by atoms with Gasteiger partial charge in [-0.05, 0) is 49.9 Å². The summed E-state index contributed by atoms with van der Waals surface area (Å²) in [7, 11) is 0. The minimum Gasteiger partial charge on any atom is -0.432 e. The molecule has 1 aliphatic heterocycles. The van der Waals surface area contributed by atoms with Gasteiger partial charge in [0.1, 0.15) is 5.82 Å². The monoisotopic (exact) mass is 366 g/mol. The molecule has 1 fully saturated rings. The van der Waals surface area contributed by atoms with E-state index < -0.39 is 12.4 Å². The Morgan fingerprint density at radius 2 is 2.04 bits per heavy atom. The topological polar surface area (TPSA) is 50.4 Å². The molecule has 0 radical (unpaired) electrons. The number of benzene rings is 1. The van der Waals surface area contributed by atoms with E-state index >= 15 is 0 Å². The minimum absolute atomic E-state index is 0. The Morgan fingerprint density at radius 1 is 1.38 bits per heavy atom. The van der Waals surface area contributed by atoms with E-state index in [1.807, 2.05) is 6.92 Å². The molecule has 1 aromatic rings. The Balaban J connectivity index is 0.00000288. The zero-order chi connectivity index (χ0) is 16.8. The highest BCUT2D eigenvalue weighted by Crippen LogP contribution is 2.29. The summed E-state index contributed by atoms with van der Waals surface area (Å²) in [4.78, 5) is 12.1. The summed E-state index contributed by atoms with van der Waals surface area (Å²) in [5.41, 5.74) is 0.0502. The molecule has 1 heterocycles. The Hall–Kier alpha value is -1.47. The van der Waals surface area contributed by atoms with Crippen molar-refractivity contribution in [2.75, 3.05) is 18.4 Å². The number of halogens is 4. The highest BCUT2D eigenvalue weighted by molar-refractivity contribution is 5.92. The fourth-order valence-electron chi connectivity index (χ4n) is 2.87. The molecule has 2 N–H and O–H groups in total. The van der Waals surface area contributed by atoms with E-state index in [4.69, 9.17) is 0 Å². The Bertz CT molecular complexity index is 540. The summed E-state index contributed by atoms with van der Waals surface area (Å²) in [6.45, 7) is 0.819. The first-order chi connectivity index (χ1) is 11.0. The Morgan fingerprint density at radius 3 is 2.67 bits per heavy atom. The molecule has 1 unspecified atom stereocenters. The number of alkyl halides is 2. The van der Waals surface area contributed by atoms with E-state index in [-0.39, 0.29) is 42.1 Å². The van der Waals surface area contributed by atoms with Crippen LogP contribution in [-0.2, 0) is 4.79 Å². The zero-order valence-corrected chi connectivity index (χ0v) is 14.2. The lowest BCUT2D eigenvalue weighted by atomic mass is 9.84. The van der Waals surface area contributed by atoms with Gasteiger partial charge in [-0.2, -0.15) is 8.78 Å². The van der Waals surface area contributed by atoms with Gasteiger partial charge in [0.15, 0.2) is 5.75 Å². The van der Waals surface area contributed by atoms with Gasteiger partial charge in [-0.15, -0.1) is 12.4 Å². The molecular weight excluding hydrogens is 345 g/mol. The average molecular weight is 367 g/mol. The van der Waals surface area contributed by atoms with Gasteiger partial charge in [0.2, 0.25) is 5.91 Å². The highest BCUT2D eigenvalue weighted by Gasteiger charge is 2.22. The van der Waals surface area contributed by atoms with Crippen molar-refractivity contribution in [3.8, 4) is 5.75 Å². The number of hydrogen-bond acceptors (Lipinski definition) is 3. The predicted octanol–water partition coefficient (Wildman–Crippen LogP) is 3.81. The zero-order valence-electron chi connectivity index (χ0n) is 13.4. The third kappa shape index (κ3) is 6.20. The summed E-state index contributed by atoms with van der Waals surface area (Å²) in [6, 6.07) is 3.14. The largest absolute Gasteiger partial charge is 0.432 e. The minimum atomic E-state index is -3.08. The van der Waals surface area contributed by atoms with E-state index in [1.54, 1.807) is 0 Å². The number of ether oxygens (including phenoxy) is 1. The number of hydrogen-bond donors (Lipinski definition) is 2. The molecule has 1 aliphatic rings. The molecule has 2 rings (SSSR count). The normalized spacial score (nSPS) is 16.4. The molecular formula is C16H22ClF3N2O2. The Labute approximate surface area is 145 Å².